The first-order valence-corrected chi connectivity index (χ1v) is 10.9. The van der Waals surface area contributed by atoms with Gasteiger partial charge in [-0.2, -0.15) is 0 Å². The lowest BCUT2D eigenvalue weighted by atomic mass is 10.0. The minimum atomic E-state index is -0.585. The molecule has 0 aliphatic rings. The van der Waals surface area contributed by atoms with E-state index in [4.69, 9.17) is 9.47 Å². The summed E-state index contributed by atoms with van der Waals surface area (Å²) in [7, 11) is 0. The van der Waals surface area contributed by atoms with Crippen LogP contribution in [-0.2, 0) is 0 Å². The predicted molar refractivity (Wildman–Crippen MR) is 127 cm³/mol. The van der Waals surface area contributed by atoms with E-state index in [1.54, 1.807) is 24.3 Å². The first-order valence-electron chi connectivity index (χ1n) is 10.9. The molecule has 0 unspecified atom stereocenters. The van der Waals surface area contributed by atoms with Crippen LogP contribution >= 0.6 is 0 Å². The molecule has 166 valence electrons. The van der Waals surface area contributed by atoms with Crippen LogP contribution < -0.4 is 9.47 Å². The van der Waals surface area contributed by atoms with E-state index in [1.165, 1.54) is 0 Å². The van der Waals surface area contributed by atoms with E-state index >= 15 is 0 Å². The van der Waals surface area contributed by atoms with E-state index in [0.717, 1.165) is 22.3 Å². The molecule has 0 amide bonds. The van der Waals surface area contributed by atoms with Gasteiger partial charge in [0.1, 0.15) is 11.5 Å². The molecule has 0 radical (unpaired) electrons. The van der Waals surface area contributed by atoms with Gasteiger partial charge in [-0.05, 0) is 72.2 Å². The molecule has 3 aromatic rings. The SMILES string of the molecule is Cc1ccc(C(C)C)c(OC(=O)c2ccccc2C(=O)Oc2cc(C)ccc2C(C)C)c1. The van der Waals surface area contributed by atoms with Crippen molar-refractivity contribution in [3.05, 3.63) is 94.0 Å². The third-order valence-corrected chi connectivity index (χ3v) is 5.35. The van der Waals surface area contributed by atoms with Gasteiger partial charge in [0, 0.05) is 0 Å². The molecule has 3 rings (SSSR count). The van der Waals surface area contributed by atoms with E-state index in [1.807, 2.05) is 77.9 Å². The van der Waals surface area contributed by atoms with Crippen LogP contribution in [0.1, 0.15) is 82.5 Å². The number of benzene rings is 3. The minimum Gasteiger partial charge on any atom is -0.423 e. The van der Waals surface area contributed by atoms with Gasteiger partial charge >= 0.3 is 11.9 Å². The maximum absolute atomic E-state index is 13.1. The molecule has 0 fully saturated rings. The molecule has 3 aromatic carbocycles. The number of hydrogen-bond donors (Lipinski definition) is 0. The van der Waals surface area contributed by atoms with Crippen LogP contribution in [0.4, 0.5) is 0 Å². The standard InChI is InChI=1S/C28H30O4/c1-17(2)21-13-11-19(5)15-25(21)31-27(29)23-9-7-8-10-24(23)28(30)32-26-16-20(6)12-14-22(26)18(3)4/h7-18H,1-6H3. The zero-order valence-electron chi connectivity index (χ0n) is 19.6. The monoisotopic (exact) mass is 430 g/mol. The first kappa shape index (κ1) is 23.3. The largest absolute Gasteiger partial charge is 0.423 e. The second-order valence-corrected chi connectivity index (χ2v) is 8.72. The van der Waals surface area contributed by atoms with Crippen molar-refractivity contribution in [2.75, 3.05) is 0 Å². The lowest BCUT2D eigenvalue weighted by Crippen LogP contribution is -2.18. The summed E-state index contributed by atoms with van der Waals surface area (Å²) in [4.78, 5) is 26.2. The molecule has 32 heavy (non-hydrogen) atoms. The number of carbonyl (C=O) groups is 2. The Hall–Kier alpha value is -3.40. The van der Waals surface area contributed by atoms with Crippen LogP contribution in [-0.4, -0.2) is 11.9 Å². The van der Waals surface area contributed by atoms with Crippen molar-refractivity contribution in [1.82, 2.24) is 0 Å². The second kappa shape index (κ2) is 9.82. The molecule has 0 heterocycles. The topological polar surface area (TPSA) is 52.6 Å². The highest BCUT2D eigenvalue weighted by molar-refractivity contribution is 6.04. The summed E-state index contributed by atoms with van der Waals surface area (Å²) in [6.07, 6.45) is 0. The molecule has 0 atom stereocenters. The molecular weight excluding hydrogens is 400 g/mol. The van der Waals surface area contributed by atoms with Crippen LogP contribution in [0.3, 0.4) is 0 Å². The van der Waals surface area contributed by atoms with Crippen molar-refractivity contribution in [1.29, 1.82) is 0 Å². The first-order chi connectivity index (χ1) is 15.2. The fourth-order valence-electron chi connectivity index (χ4n) is 3.56. The molecule has 0 N–H and O–H groups in total. The summed E-state index contributed by atoms with van der Waals surface area (Å²) in [6.45, 7) is 12.1. The molecule has 0 aliphatic heterocycles. The molecule has 0 saturated carbocycles. The van der Waals surface area contributed by atoms with Crippen molar-refractivity contribution in [2.24, 2.45) is 0 Å². The third kappa shape index (κ3) is 5.25. The van der Waals surface area contributed by atoms with Gasteiger partial charge in [0.15, 0.2) is 0 Å². The number of ether oxygens (including phenoxy) is 2. The Kier molecular flexibility index (Phi) is 7.14. The number of esters is 2. The molecule has 4 nitrogen and oxygen atoms in total. The number of aryl methyl sites for hydroxylation is 2. The average Bonchev–Trinajstić information content (AvgIpc) is 2.73. The smallest absolute Gasteiger partial charge is 0.344 e. The summed E-state index contributed by atoms with van der Waals surface area (Å²) in [6, 6.07) is 18.2. The van der Waals surface area contributed by atoms with Crippen molar-refractivity contribution < 1.29 is 19.1 Å². The maximum atomic E-state index is 13.1. The molecule has 0 aromatic heterocycles. The molecule has 0 aliphatic carbocycles. The molecule has 4 heteroatoms. The maximum Gasteiger partial charge on any atom is 0.344 e. The van der Waals surface area contributed by atoms with E-state index < -0.39 is 11.9 Å². The van der Waals surface area contributed by atoms with Crippen molar-refractivity contribution >= 4 is 11.9 Å². The Labute approximate surface area is 190 Å². The van der Waals surface area contributed by atoms with Crippen molar-refractivity contribution in [3.63, 3.8) is 0 Å². The number of carbonyl (C=O) groups excluding carboxylic acids is 2. The zero-order chi connectivity index (χ0) is 23.4. The van der Waals surface area contributed by atoms with Gasteiger partial charge in [0.2, 0.25) is 0 Å². The van der Waals surface area contributed by atoms with Crippen molar-refractivity contribution in [2.45, 2.75) is 53.4 Å². The quantitative estimate of drug-likeness (QED) is 0.312. The highest BCUT2D eigenvalue weighted by Gasteiger charge is 2.22. The Balaban J connectivity index is 1.92. The summed E-state index contributed by atoms with van der Waals surface area (Å²) in [5.74, 6) is 0.225. The highest BCUT2D eigenvalue weighted by atomic mass is 16.5. The summed E-state index contributed by atoms with van der Waals surface area (Å²) >= 11 is 0. The lowest BCUT2D eigenvalue weighted by molar-refractivity contribution is 0.0690. The van der Waals surface area contributed by atoms with Crippen LogP contribution in [0.5, 0.6) is 11.5 Å². The normalized spacial score (nSPS) is 11.0. The summed E-state index contributed by atoms with van der Waals surface area (Å²) in [5, 5.41) is 0. The van der Waals surface area contributed by atoms with Crippen LogP contribution in [0.15, 0.2) is 60.7 Å². The molecule has 0 bridgehead atoms. The third-order valence-electron chi connectivity index (χ3n) is 5.35. The Bertz CT molecular complexity index is 1050. The minimum absolute atomic E-state index is 0.174. The van der Waals surface area contributed by atoms with Gasteiger partial charge in [0.05, 0.1) is 11.1 Å². The number of hydrogen-bond acceptors (Lipinski definition) is 4. The Morgan fingerprint density at radius 2 is 1.00 bits per heavy atom. The van der Waals surface area contributed by atoms with E-state index in [2.05, 4.69) is 0 Å². The Morgan fingerprint density at radius 1 is 0.625 bits per heavy atom. The van der Waals surface area contributed by atoms with Gasteiger partial charge in [-0.3, -0.25) is 0 Å². The van der Waals surface area contributed by atoms with Gasteiger partial charge < -0.3 is 9.47 Å². The van der Waals surface area contributed by atoms with Gasteiger partial charge in [-0.25, -0.2) is 9.59 Å². The van der Waals surface area contributed by atoms with Crippen LogP contribution in [0, 0.1) is 13.8 Å². The van der Waals surface area contributed by atoms with Gasteiger partial charge in [0.25, 0.3) is 0 Å². The fourth-order valence-corrected chi connectivity index (χ4v) is 3.56. The molecule has 0 spiro atoms. The molecular formula is C28H30O4. The summed E-state index contributed by atoms with van der Waals surface area (Å²) < 4.78 is 11.5. The zero-order valence-corrected chi connectivity index (χ0v) is 19.6. The van der Waals surface area contributed by atoms with Gasteiger partial charge in [-0.1, -0.05) is 64.1 Å². The van der Waals surface area contributed by atoms with Crippen LogP contribution in [0.2, 0.25) is 0 Å². The highest BCUT2D eigenvalue weighted by Crippen LogP contribution is 2.30. The van der Waals surface area contributed by atoms with E-state index in [0.29, 0.717) is 11.5 Å². The van der Waals surface area contributed by atoms with Gasteiger partial charge in [-0.15, -0.1) is 0 Å². The van der Waals surface area contributed by atoms with E-state index in [-0.39, 0.29) is 23.0 Å². The Morgan fingerprint density at radius 3 is 1.34 bits per heavy atom. The van der Waals surface area contributed by atoms with Crippen molar-refractivity contribution in [3.8, 4) is 11.5 Å². The lowest BCUT2D eigenvalue weighted by Gasteiger charge is -2.16. The predicted octanol–water partition coefficient (Wildman–Crippen LogP) is 6.99. The number of rotatable bonds is 6. The average molecular weight is 431 g/mol. The summed E-state index contributed by atoms with van der Waals surface area (Å²) in [5.41, 5.74) is 4.20. The molecule has 0 saturated heterocycles. The van der Waals surface area contributed by atoms with E-state index in [9.17, 15) is 9.59 Å². The fraction of sp³-hybridized carbons (Fsp3) is 0.286. The second-order valence-electron chi connectivity index (χ2n) is 8.72. The van der Waals surface area contributed by atoms with Crippen LogP contribution in [0.25, 0.3) is 0 Å².